The van der Waals surface area contributed by atoms with Crippen molar-refractivity contribution in [2.75, 3.05) is 16.8 Å². The van der Waals surface area contributed by atoms with Crippen LogP contribution >= 0.6 is 0 Å². The Balaban J connectivity index is 2.03. The van der Waals surface area contributed by atoms with E-state index in [1.807, 2.05) is 6.07 Å². The second kappa shape index (κ2) is 8.12. The van der Waals surface area contributed by atoms with Crippen molar-refractivity contribution in [3.8, 4) is 11.9 Å². The molecule has 2 aromatic rings. The van der Waals surface area contributed by atoms with E-state index in [1.165, 1.54) is 20.1 Å². The predicted molar refractivity (Wildman–Crippen MR) is 112 cm³/mol. The second-order valence-electron chi connectivity index (χ2n) is 7.07. The minimum atomic E-state index is -3.31. The quantitative estimate of drug-likeness (QED) is 0.711. The van der Waals surface area contributed by atoms with Gasteiger partial charge in [0.1, 0.15) is 11.6 Å². The molecule has 9 nitrogen and oxygen atoms in total. The molecule has 1 atom stereocenters. The first-order valence-corrected chi connectivity index (χ1v) is 11.0. The third kappa shape index (κ3) is 4.26. The van der Waals surface area contributed by atoms with Crippen LogP contribution in [0, 0.1) is 18.3 Å². The molecule has 1 aromatic carbocycles. The number of benzene rings is 1. The number of carbonyl (C=O) groups excluding carboxylic acids is 1. The van der Waals surface area contributed by atoms with Gasteiger partial charge in [-0.1, -0.05) is 0 Å². The molecule has 1 saturated heterocycles. The Morgan fingerprint density at radius 2 is 2.03 bits per heavy atom. The number of carbonyl (C=O) groups is 1. The minimum Gasteiger partial charge on any atom is -0.494 e. The van der Waals surface area contributed by atoms with E-state index in [0.29, 0.717) is 11.4 Å². The summed E-state index contributed by atoms with van der Waals surface area (Å²) >= 11 is 0. The predicted octanol–water partition coefficient (Wildman–Crippen LogP) is 1.80. The Labute approximate surface area is 173 Å². The number of hydrogen-bond acceptors (Lipinski definition) is 7. The molecule has 10 heteroatoms. The maximum absolute atomic E-state index is 12.7. The van der Waals surface area contributed by atoms with Crippen LogP contribution in [-0.4, -0.2) is 41.7 Å². The van der Waals surface area contributed by atoms with Gasteiger partial charge in [0.25, 0.3) is 5.56 Å². The summed E-state index contributed by atoms with van der Waals surface area (Å²) in [4.78, 5) is 28.1. The topological polar surface area (TPSA) is 142 Å². The number of rotatable bonds is 4. The third-order valence-electron chi connectivity index (χ3n) is 4.90. The molecule has 1 aromatic heterocycles. The number of nitriles is 1. The highest BCUT2D eigenvalue weighted by Gasteiger charge is 2.33. The van der Waals surface area contributed by atoms with Gasteiger partial charge in [0.05, 0.1) is 28.8 Å². The van der Waals surface area contributed by atoms with Crippen LogP contribution < -0.4 is 10.9 Å². The van der Waals surface area contributed by atoms with Crippen molar-refractivity contribution in [1.82, 2.24) is 4.57 Å². The zero-order valence-corrected chi connectivity index (χ0v) is 17.2. The number of hydrogen-bond donors (Lipinski definition) is 2. The summed E-state index contributed by atoms with van der Waals surface area (Å²) in [6.45, 7) is 2.92. The van der Waals surface area contributed by atoms with Gasteiger partial charge in [0.15, 0.2) is 9.84 Å². The van der Waals surface area contributed by atoms with Gasteiger partial charge in [0.2, 0.25) is 11.8 Å². The molecule has 0 radical (unpaired) electrons. The molecule has 1 amide bonds. The lowest BCUT2D eigenvalue weighted by Gasteiger charge is -2.18. The summed E-state index contributed by atoms with van der Waals surface area (Å²) in [6, 6.07) is 7.73. The molecule has 0 saturated carbocycles. The first-order chi connectivity index (χ1) is 14.1. The van der Waals surface area contributed by atoms with Crippen molar-refractivity contribution in [1.29, 1.82) is 5.26 Å². The van der Waals surface area contributed by atoms with E-state index >= 15 is 0 Å². The maximum Gasteiger partial charge on any atom is 0.271 e. The molecule has 30 heavy (non-hydrogen) atoms. The van der Waals surface area contributed by atoms with E-state index in [-0.39, 0.29) is 40.5 Å². The molecule has 2 heterocycles. The van der Waals surface area contributed by atoms with Crippen LogP contribution in [0.15, 0.2) is 34.1 Å². The molecular formula is C20H20N4O5S. The SMILES string of the molecule is CC(=O)Nc1ccc(N=Cc2c(C)c(C#N)c(=O)n([C@@H]3CCS(=O)(=O)C3)c2O)cc1. The average Bonchev–Trinajstić information content (AvgIpc) is 3.02. The second-order valence-corrected chi connectivity index (χ2v) is 9.30. The smallest absolute Gasteiger partial charge is 0.271 e. The lowest BCUT2D eigenvalue weighted by Crippen LogP contribution is -2.29. The van der Waals surface area contributed by atoms with E-state index in [9.17, 15) is 28.4 Å². The Hall–Kier alpha value is -3.45. The van der Waals surface area contributed by atoms with Crippen LogP contribution in [0.3, 0.4) is 0 Å². The molecule has 0 spiro atoms. The summed E-state index contributed by atoms with van der Waals surface area (Å²) in [7, 11) is -3.31. The maximum atomic E-state index is 12.7. The number of aromatic nitrogens is 1. The molecular weight excluding hydrogens is 408 g/mol. The number of pyridine rings is 1. The Morgan fingerprint density at radius 3 is 2.57 bits per heavy atom. The molecule has 156 valence electrons. The number of sulfone groups is 1. The molecule has 1 aliphatic heterocycles. The number of aromatic hydroxyl groups is 1. The van der Waals surface area contributed by atoms with Crippen molar-refractivity contribution in [3.05, 3.63) is 51.3 Å². The van der Waals surface area contributed by atoms with Crippen molar-refractivity contribution in [3.63, 3.8) is 0 Å². The molecule has 0 unspecified atom stereocenters. The first kappa shape index (κ1) is 21.3. The lowest BCUT2D eigenvalue weighted by atomic mass is 10.0. The zero-order chi connectivity index (χ0) is 22.1. The number of anilines is 1. The van der Waals surface area contributed by atoms with E-state index in [0.717, 1.165) is 4.57 Å². The van der Waals surface area contributed by atoms with Gasteiger partial charge in [-0.15, -0.1) is 0 Å². The summed E-state index contributed by atoms with van der Waals surface area (Å²) in [5.74, 6) is -0.969. The molecule has 0 bridgehead atoms. The van der Waals surface area contributed by atoms with Gasteiger partial charge in [-0.3, -0.25) is 19.1 Å². The van der Waals surface area contributed by atoms with E-state index < -0.39 is 27.3 Å². The normalized spacial score (nSPS) is 17.7. The van der Waals surface area contributed by atoms with Crippen LogP contribution in [0.25, 0.3) is 0 Å². The molecule has 1 fully saturated rings. The van der Waals surface area contributed by atoms with Gasteiger partial charge in [-0.25, -0.2) is 8.42 Å². The van der Waals surface area contributed by atoms with Gasteiger partial charge in [0, 0.05) is 18.8 Å². The fraction of sp³-hybridized carbons (Fsp3) is 0.300. The van der Waals surface area contributed by atoms with Crippen LogP contribution in [0.1, 0.15) is 36.1 Å². The molecule has 2 N–H and O–H groups in total. The summed E-state index contributed by atoms with van der Waals surface area (Å²) in [6.07, 6.45) is 1.52. The van der Waals surface area contributed by atoms with Crippen molar-refractivity contribution < 1.29 is 18.3 Å². The van der Waals surface area contributed by atoms with Crippen LogP contribution in [0.4, 0.5) is 11.4 Å². The fourth-order valence-corrected chi connectivity index (χ4v) is 5.09. The van der Waals surface area contributed by atoms with Crippen LogP contribution in [0.5, 0.6) is 5.88 Å². The van der Waals surface area contributed by atoms with E-state index in [4.69, 9.17) is 0 Å². The highest BCUT2D eigenvalue weighted by Crippen LogP contribution is 2.30. The van der Waals surface area contributed by atoms with Gasteiger partial charge >= 0.3 is 0 Å². The monoisotopic (exact) mass is 428 g/mol. The van der Waals surface area contributed by atoms with E-state index in [2.05, 4.69) is 10.3 Å². The van der Waals surface area contributed by atoms with Crippen molar-refractivity contribution >= 4 is 33.3 Å². The highest BCUT2D eigenvalue weighted by molar-refractivity contribution is 7.91. The Morgan fingerprint density at radius 1 is 1.37 bits per heavy atom. The molecule has 1 aliphatic rings. The number of amides is 1. The van der Waals surface area contributed by atoms with Crippen LogP contribution in [0.2, 0.25) is 0 Å². The van der Waals surface area contributed by atoms with E-state index in [1.54, 1.807) is 24.3 Å². The number of nitrogens with zero attached hydrogens (tertiary/aromatic N) is 3. The van der Waals surface area contributed by atoms with Crippen LogP contribution in [-0.2, 0) is 14.6 Å². The average molecular weight is 428 g/mol. The lowest BCUT2D eigenvalue weighted by molar-refractivity contribution is -0.114. The van der Waals surface area contributed by atoms with Gasteiger partial charge < -0.3 is 10.4 Å². The van der Waals surface area contributed by atoms with Gasteiger partial charge in [-0.05, 0) is 43.2 Å². The molecule has 0 aliphatic carbocycles. The summed E-state index contributed by atoms with van der Waals surface area (Å²) in [5, 5.41) is 22.8. The highest BCUT2D eigenvalue weighted by atomic mass is 32.2. The summed E-state index contributed by atoms with van der Waals surface area (Å²) in [5.41, 5.74) is 0.661. The first-order valence-electron chi connectivity index (χ1n) is 9.13. The van der Waals surface area contributed by atoms with Gasteiger partial charge in [-0.2, -0.15) is 5.26 Å². The number of nitrogens with one attached hydrogen (secondary N) is 1. The van der Waals surface area contributed by atoms with Crippen molar-refractivity contribution in [2.45, 2.75) is 26.3 Å². The standard InChI is InChI=1S/C20H20N4O5S/c1-12-17(9-21)19(26)24(16-7-8-30(28,29)11-16)20(27)18(12)10-22-14-3-5-15(6-4-14)23-13(2)25/h3-6,10,16,27H,7-8,11H2,1-2H3,(H,23,25)/t16-/m1/s1. The third-order valence-corrected chi connectivity index (χ3v) is 6.65. The zero-order valence-electron chi connectivity index (χ0n) is 16.4. The minimum absolute atomic E-state index is 0.0800. The largest absolute Gasteiger partial charge is 0.494 e. The Bertz CT molecular complexity index is 1240. The molecule has 3 rings (SSSR count). The summed E-state index contributed by atoms with van der Waals surface area (Å²) < 4.78 is 24.7. The number of aliphatic imine (C=N–C) groups is 1. The van der Waals surface area contributed by atoms with Crippen molar-refractivity contribution in [2.24, 2.45) is 4.99 Å². The Kier molecular flexibility index (Phi) is 5.75. The fourth-order valence-electron chi connectivity index (χ4n) is 3.39.